The van der Waals surface area contributed by atoms with Crippen LogP contribution in [0.1, 0.15) is 41.6 Å². The number of aryl methyl sites for hydroxylation is 1. The molecule has 1 aromatic carbocycles. The molecule has 1 aromatic rings. The molecule has 3 rings (SSSR count). The third-order valence-corrected chi connectivity index (χ3v) is 7.62. The predicted octanol–water partition coefficient (Wildman–Crippen LogP) is 0.205. The van der Waals surface area contributed by atoms with Gasteiger partial charge in [-0.1, -0.05) is 12.5 Å². The van der Waals surface area contributed by atoms with Gasteiger partial charge in [-0.3, -0.25) is 4.79 Å². The maximum Gasteiger partial charge on any atom is 0.251 e. The zero-order chi connectivity index (χ0) is 20.0. The molecule has 0 saturated carbocycles. The Kier molecular flexibility index (Phi) is 7.45. The maximum atomic E-state index is 13.0. The van der Waals surface area contributed by atoms with E-state index in [4.69, 9.17) is 4.74 Å². The fourth-order valence-corrected chi connectivity index (χ4v) is 5.58. The third-order valence-electron chi connectivity index (χ3n) is 5.58. The zero-order valence-corrected chi connectivity index (χ0v) is 17.5. The Bertz CT molecular complexity index is 770. The molecule has 156 valence electrons. The number of hydrogen-bond acceptors (Lipinski definition) is 4. The molecule has 7 nitrogen and oxygen atoms in total. The van der Waals surface area contributed by atoms with Crippen LogP contribution in [0.25, 0.3) is 0 Å². The molecule has 0 unspecified atom stereocenters. The number of ether oxygens (including phenoxy) is 1. The van der Waals surface area contributed by atoms with Crippen LogP contribution in [0.15, 0.2) is 23.1 Å². The molecule has 8 heteroatoms. The molecule has 2 fully saturated rings. The van der Waals surface area contributed by atoms with E-state index in [1.807, 2.05) is 0 Å². The Morgan fingerprint density at radius 2 is 1.89 bits per heavy atom. The summed E-state index contributed by atoms with van der Waals surface area (Å²) < 4.78 is 32.9. The Morgan fingerprint density at radius 1 is 1.18 bits per heavy atom. The molecule has 0 atom stereocenters. The first-order valence-corrected chi connectivity index (χ1v) is 11.7. The fraction of sp³-hybridized carbons (Fsp3) is 0.650. The number of amides is 1. The van der Waals surface area contributed by atoms with E-state index in [0.717, 1.165) is 58.5 Å². The molecule has 28 heavy (non-hydrogen) atoms. The van der Waals surface area contributed by atoms with Crippen molar-refractivity contribution in [1.82, 2.24) is 9.62 Å². The van der Waals surface area contributed by atoms with Crippen LogP contribution in [0.3, 0.4) is 0 Å². The van der Waals surface area contributed by atoms with Gasteiger partial charge in [0, 0.05) is 31.6 Å². The number of sulfonamides is 1. The number of piperidine rings is 1. The molecule has 2 aliphatic heterocycles. The Balaban J connectivity index is 1.59. The van der Waals surface area contributed by atoms with E-state index in [9.17, 15) is 13.2 Å². The van der Waals surface area contributed by atoms with Crippen molar-refractivity contribution in [2.24, 2.45) is 0 Å². The summed E-state index contributed by atoms with van der Waals surface area (Å²) in [6, 6.07) is 4.96. The van der Waals surface area contributed by atoms with E-state index in [0.29, 0.717) is 30.8 Å². The highest BCUT2D eigenvalue weighted by Gasteiger charge is 2.28. The average molecular weight is 411 g/mol. The number of carbonyl (C=O) groups is 1. The number of nitrogens with zero attached hydrogens (tertiary/aromatic N) is 1. The number of quaternary nitrogens is 1. The quantitative estimate of drug-likeness (QED) is 0.630. The summed E-state index contributed by atoms with van der Waals surface area (Å²) in [6.07, 6.45) is 3.75. The zero-order valence-electron chi connectivity index (χ0n) is 16.7. The van der Waals surface area contributed by atoms with E-state index in [1.54, 1.807) is 23.4 Å². The highest BCUT2D eigenvalue weighted by atomic mass is 32.2. The largest absolute Gasteiger partial charge is 0.370 e. The number of carbonyl (C=O) groups excluding carboxylic acids is 1. The molecular weight excluding hydrogens is 378 g/mol. The number of rotatable bonds is 7. The summed E-state index contributed by atoms with van der Waals surface area (Å²) in [4.78, 5) is 14.3. The van der Waals surface area contributed by atoms with Crippen LogP contribution in [0, 0.1) is 6.92 Å². The number of nitrogens with one attached hydrogen (secondary N) is 2. The summed E-state index contributed by atoms with van der Waals surface area (Å²) in [5.74, 6) is -0.216. The summed E-state index contributed by atoms with van der Waals surface area (Å²) in [5.41, 5.74) is 1.08. The lowest BCUT2D eigenvalue weighted by molar-refractivity contribution is -0.908. The van der Waals surface area contributed by atoms with Crippen LogP contribution in [-0.4, -0.2) is 71.1 Å². The highest BCUT2D eigenvalue weighted by Crippen LogP contribution is 2.24. The molecule has 2 saturated heterocycles. The van der Waals surface area contributed by atoms with Gasteiger partial charge < -0.3 is 15.0 Å². The van der Waals surface area contributed by atoms with E-state index in [1.165, 1.54) is 11.0 Å². The Morgan fingerprint density at radius 3 is 2.61 bits per heavy atom. The lowest BCUT2D eigenvalue weighted by Crippen LogP contribution is -3.14. The van der Waals surface area contributed by atoms with Crippen LogP contribution < -0.4 is 10.2 Å². The van der Waals surface area contributed by atoms with Gasteiger partial charge in [-0.05, 0) is 37.5 Å². The second-order valence-corrected chi connectivity index (χ2v) is 9.57. The molecule has 2 N–H and O–H groups in total. The summed E-state index contributed by atoms with van der Waals surface area (Å²) in [7, 11) is -3.55. The second kappa shape index (κ2) is 9.82. The van der Waals surface area contributed by atoms with Gasteiger partial charge in [-0.25, -0.2) is 8.42 Å². The topological polar surface area (TPSA) is 80.1 Å². The van der Waals surface area contributed by atoms with Crippen LogP contribution in [0.2, 0.25) is 0 Å². The first-order valence-electron chi connectivity index (χ1n) is 10.3. The predicted molar refractivity (Wildman–Crippen MR) is 107 cm³/mol. The molecule has 0 radical (unpaired) electrons. The van der Waals surface area contributed by atoms with Crippen molar-refractivity contribution in [2.75, 3.05) is 52.5 Å². The first-order chi connectivity index (χ1) is 13.5. The normalized spacial score (nSPS) is 19.5. The Labute approximate surface area is 168 Å². The van der Waals surface area contributed by atoms with Gasteiger partial charge in [0.1, 0.15) is 13.1 Å². The van der Waals surface area contributed by atoms with Gasteiger partial charge in [0.25, 0.3) is 5.91 Å². The van der Waals surface area contributed by atoms with E-state index < -0.39 is 10.0 Å². The molecule has 0 spiro atoms. The van der Waals surface area contributed by atoms with Crippen LogP contribution in [-0.2, 0) is 14.8 Å². The van der Waals surface area contributed by atoms with Crippen molar-refractivity contribution in [3.8, 4) is 0 Å². The number of benzene rings is 1. The van der Waals surface area contributed by atoms with Crippen LogP contribution >= 0.6 is 0 Å². The van der Waals surface area contributed by atoms with Gasteiger partial charge in [-0.15, -0.1) is 0 Å². The van der Waals surface area contributed by atoms with Gasteiger partial charge in [-0.2, -0.15) is 4.31 Å². The monoisotopic (exact) mass is 410 g/mol. The second-order valence-electron chi connectivity index (χ2n) is 7.67. The van der Waals surface area contributed by atoms with Gasteiger partial charge in [0.2, 0.25) is 10.0 Å². The minimum absolute atomic E-state index is 0.216. The van der Waals surface area contributed by atoms with Crippen molar-refractivity contribution in [2.45, 2.75) is 37.5 Å². The maximum absolute atomic E-state index is 13.0. The van der Waals surface area contributed by atoms with Crippen molar-refractivity contribution in [3.05, 3.63) is 29.3 Å². The van der Waals surface area contributed by atoms with Gasteiger partial charge in [0.05, 0.1) is 24.7 Å². The number of morpholine rings is 1. The van der Waals surface area contributed by atoms with E-state index in [-0.39, 0.29) is 10.8 Å². The standard InChI is InChI=1S/C20H31N3O4S/c1-17-6-7-18(16-19(17)28(25,26)23-10-3-2-4-11-23)20(24)21-8-5-9-22-12-14-27-15-13-22/h6-7,16H,2-5,8-15H2,1H3,(H,21,24)/p+1. The highest BCUT2D eigenvalue weighted by molar-refractivity contribution is 7.89. The number of hydrogen-bond donors (Lipinski definition) is 2. The molecular formula is C20H32N3O4S+. The molecule has 0 bridgehead atoms. The molecule has 0 aromatic heterocycles. The van der Waals surface area contributed by atoms with Crippen molar-refractivity contribution in [1.29, 1.82) is 0 Å². The SMILES string of the molecule is Cc1ccc(C(=O)NCCC[NH+]2CCOCC2)cc1S(=O)(=O)N1CCCCC1. The van der Waals surface area contributed by atoms with Crippen LogP contribution in [0.5, 0.6) is 0 Å². The lowest BCUT2D eigenvalue weighted by Gasteiger charge is -2.26. The summed E-state index contributed by atoms with van der Waals surface area (Å²) >= 11 is 0. The minimum atomic E-state index is -3.55. The molecule has 2 heterocycles. The fourth-order valence-electron chi connectivity index (χ4n) is 3.82. The van der Waals surface area contributed by atoms with Crippen LogP contribution in [0.4, 0.5) is 0 Å². The third kappa shape index (κ3) is 5.31. The first kappa shape index (κ1) is 21.2. The van der Waals surface area contributed by atoms with Crippen molar-refractivity contribution >= 4 is 15.9 Å². The molecule has 0 aliphatic carbocycles. The summed E-state index contributed by atoms with van der Waals surface area (Å²) in [6.45, 7) is 8.14. The Hall–Kier alpha value is -1.48. The van der Waals surface area contributed by atoms with Crippen molar-refractivity contribution < 1.29 is 22.8 Å². The summed E-state index contributed by atoms with van der Waals surface area (Å²) in [5, 5.41) is 2.92. The molecule has 2 aliphatic rings. The lowest BCUT2D eigenvalue weighted by atomic mass is 10.1. The minimum Gasteiger partial charge on any atom is -0.370 e. The average Bonchev–Trinajstić information content (AvgIpc) is 2.72. The van der Waals surface area contributed by atoms with Gasteiger partial charge >= 0.3 is 0 Å². The molecule has 1 amide bonds. The smallest absolute Gasteiger partial charge is 0.251 e. The van der Waals surface area contributed by atoms with E-state index >= 15 is 0 Å². The van der Waals surface area contributed by atoms with E-state index in [2.05, 4.69) is 5.32 Å². The van der Waals surface area contributed by atoms with Gasteiger partial charge in [0.15, 0.2) is 0 Å². The van der Waals surface area contributed by atoms with Crippen molar-refractivity contribution in [3.63, 3.8) is 0 Å².